The predicted molar refractivity (Wildman–Crippen MR) is 240 cm³/mol. The molecule has 1 rings (SSSR count). The van der Waals surface area contributed by atoms with Gasteiger partial charge in [0.1, 0.15) is 42.9 Å². The summed E-state index contributed by atoms with van der Waals surface area (Å²) in [5.74, 6) is -4.63. The summed E-state index contributed by atoms with van der Waals surface area (Å²) in [7, 11) is 5.95. The lowest BCUT2D eigenvalue weighted by atomic mass is 9.94. The average molecular weight is 872 g/mol. The first kappa shape index (κ1) is 55.2. The smallest absolute Gasteiger partial charge is 0.328 e. The molecule has 0 aliphatic carbocycles. The highest BCUT2D eigenvalue weighted by molar-refractivity contribution is 5.96. The van der Waals surface area contributed by atoms with Crippen LogP contribution in [0.4, 0.5) is 0 Å². The average Bonchev–Trinajstić information content (AvgIpc) is 3.22. The van der Waals surface area contributed by atoms with E-state index in [1.54, 1.807) is 27.8 Å². The van der Waals surface area contributed by atoms with Gasteiger partial charge < -0.3 is 45.8 Å². The van der Waals surface area contributed by atoms with Gasteiger partial charge >= 0.3 is 5.97 Å². The Kier molecular flexibility index (Phi) is 24.3. The molecule has 5 N–H and O–H groups in total. The van der Waals surface area contributed by atoms with E-state index in [0.29, 0.717) is 6.42 Å². The topological polar surface area (TPSA) is 207 Å². The van der Waals surface area contributed by atoms with E-state index in [2.05, 4.69) is 21.3 Å². The van der Waals surface area contributed by atoms with Crippen molar-refractivity contribution in [1.29, 1.82) is 0 Å². The maximum absolute atomic E-state index is 14.2. The van der Waals surface area contributed by atoms with Crippen LogP contribution in [0.5, 0.6) is 0 Å². The third-order valence-corrected chi connectivity index (χ3v) is 10.9. The van der Waals surface area contributed by atoms with Crippen LogP contribution in [-0.4, -0.2) is 138 Å². The summed E-state index contributed by atoms with van der Waals surface area (Å²) in [6.07, 6.45) is 4.04. The Morgan fingerprint density at radius 2 is 1.29 bits per heavy atom. The first-order valence-electron chi connectivity index (χ1n) is 21.9. The monoisotopic (exact) mass is 872 g/mol. The minimum Gasteiger partial charge on any atom is -0.459 e. The molecule has 8 atom stereocenters. The Labute approximate surface area is 370 Å². The highest BCUT2D eigenvalue weighted by atomic mass is 16.5. The third kappa shape index (κ3) is 17.5. The molecule has 6 amide bonds. The number of carbonyl (C=O) groups excluding carboxylic acids is 7. The van der Waals surface area contributed by atoms with Crippen LogP contribution in [0.25, 0.3) is 0 Å². The standard InChI is InChI=1S/C46H77N7O9/c1-15-17-21-31(9)40(55)39(47-11)43(58)49-34(16-2)44(59)51(12)26-37(54)52(13)35(24-28(3)4)42(57)50-38(30(7)8)45(60)53(14)36(25-29(5)6)41(56)48-32(10)46(61)62-27-33-22-19-18-20-23-33/h15,17-20,22-23,28-32,34-36,38-40,47,55H,16,21,24-27H2,1-14H3,(H,48,56)(H,49,58)(H,50,57)/b17-15+/t31-,32+,34+,35+,36+,38+,39+,40-/m1/s1. The number of carbonyl (C=O) groups is 7. The van der Waals surface area contributed by atoms with Gasteiger partial charge in [0.15, 0.2) is 0 Å². The Morgan fingerprint density at radius 1 is 0.742 bits per heavy atom. The fraction of sp³-hybridized carbons (Fsp3) is 0.674. The Morgan fingerprint density at radius 3 is 1.79 bits per heavy atom. The van der Waals surface area contributed by atoms with E-state index in [9.17, 15) is 38.7 Å². The highest BCUT2D eigenvalue weighted by Gasteiger charge is 2.38. The van der Waals surface area contributed by atoms with Gasteiger partial charge in [-0.15, -0.1) is 0 Å². The van der Waals surface area contributed by atoms with Crippen molar-refractivity contribution in [1.82, 2.24) is 36.0 Å². The van der Waals surface area contributed by atoms with Gasteiger partial charge in [-0.25, -0.2) is 4.79 Å². The number of benzene rings is 1. The van der Waals surface area contributed by atoms with E-state index in [1.807, 2.05) is 84.0 Å². The lowest BCUT2D eigenvalue weighted by Crippen LogP contribution is -2.60. The van der Waals surface area contributed by atoms with E-state index >= 15 is 0 Å². The van der Waals surface area contributed by atoms with Crippen LogP contribution in [0.15, 0.2) is 42.5 Å². The fourth-order valence-corrected chi connectivity index (χ4v) is 6.84. The van der Waals surface area contributed by atoms with Crippen LogP contribution >= 0.6 is 0 Å². The number of esters is 1. The van der Waals surface area contributed by atoms with Crippen LogP contribution in [0, 0.1) is 23.7 Å². The number of hydrogen-bond donors (Lipinski definition) is 5. The number of amides is 6. The number of likely N-dealkylation sites (N-methyl/N-ethyl adjacent to an activating group) is 4. The summed E-state index contributed by atoms with van der Waals surface area (Å²) < 4.78 is 5.40. The predicted octanol–water partition coefficient (Wildman–Crippen LogP) is 3.03. The minimum absolute atomic E-state index is 0.0161. The molecule has 0 radical (unpaired) electrons. The molecule has 16 heteroatoms. The summed E-state index contributed by atoms with van der Waals surface area (Å²) in [5.41, 5.74) is 0.794. The summed E-state index contributed by atoms with van der Waals surface area (Å²) >= 11 is 0. The van der Waals surface area contributed by atoms with Gasteiger partial charge in [0.05, 0.1) is 12.6 Å². The number of allylic oxidation sites excluding steroid dienone is 2. The van der Waals surface area contributed by atoms with E-state index in [4.69, 9.17) is 4.74 Å². The Hall–Kier alpha value is -4.83. The Bertz CT molecular complexity index is 1640. The normalized spacial score (nSPS) is 15.5. The zero-order valence-electron chi connectivity index (χ0n) is 39.7. The van der Waals surface area contributed by atoms with Gasteiger partial charge in [0.25, 0.3) is 0 Å². The zero-order chi connectivity index (χ0) is 47.4. The number of ether oxygens (including phenoxy) is 1. The van der Waals surface area contributed by atoms with Gasteiger partial charge in [0.2, 0.25) is 35.4 Å². The van der Waals surface area contributed by atoms with E-state index in [-0.39, 0.29) is 43.6 Å². The highest BCUT2D eigenvalue weighted by Crippen LogP contribution is 2.18. The molecular weight excluding hydrogens is 795 g/mol. The molecule has 16 nitrogen and oxygen atoms in total. The second-order valence-corrected chi connectivity index (χ2v) is 17.5. The molecule has 350 valence electrons. The SMILES string of the molecule is C/C=C/C[C@@H](C)[C@@H](O)[C@H](NC)C(=O)N[C@@H](CC)C(=O)N(C)CC(=O)N(C)[C@@H](CC(C)C)C(=O)N[C@H](C(=O)N(C)[C@@H](CC(C)C)C(=O)N[C@@H](C)C(=O)OCc1ccccc1)C(C)C. The number of aliphatic hydroxyl groups excluding tert-OH is 1. The molecule has 0 aliphatic rings. The summed E-state index contributed by atoms with van der Waals surface area (Å²) in [6.45, 7) is 17.7. The molecule has 1 aromatic rings. The lowest BCUT2D eigenvalue weighted by Gasteiger charge is -2.35. The van der Waals surface area contributed by atoms with Crippen molar-refractivity contribution < 1.29 is 43.4 Å². The summed E-state index contributed by atoms with van der Waals surface area (Å²) in [4.78, 5) is 99.2. The molecule has 1 aromatic carbocycles. The number of aliphatic hydroxyl groups is 1. The second kappa shape index (κ2) is 27.3. The fourth-order valence-electron chi connectivity index (χ4n) is 6.84. The molecule has 0 aromatic heterocycles. The van der Waals surface area contributed by atoms with Crippen LogP contribution in [0.1, 0.15) is 100 Å². The van der Waals surface area contributed by atoms with E-state index < -0.39 is 96.2 Å². The molecule has 0 fully saturated rings. The summed E-state index contributed by atoms with van der Waals surface area (Å²) in [6, 6.07) is 3.10. The van der Waals surface area contributed by atoms with Gasteiger partial charge in [0, 0.05) is 21.1 Å². The Balaban J connectivity index is 3.16. The third-order valence-electron chi connectivity index (χ3n) is 10.9. The van der Waals surface area contributed by atoms with Crippen LogP contribution in [0.2, 0.25) is 0 Å². The van der Waals surface area contributed by atoms with Gasteiger partial charge in [-0.1, -0.05) is 97.9 Å². The van der Waals surface area contributed by atoms with E-state index in [1.165, 1.54) is 42.8 Å². The molecule has 0 aliphatic heterocycles. The molecule has 0 unspecified atom stereocenters. The molecule has 0 saturated carbocycles. The first-order valence-corrected chi connectivity index (χ1v) is 21.9. The van der Waals surface area contributed by atoms with Crippen molar-refractivity contribution in [3.63, 3.8) is 0 Å². The summed E-state index contributed by atoms with van der Waals surface area (Å²) in [5, 5.41) is 22.0. The van der Waals surface area contributed by atoms with Gasteiger partial charge in [-0.05, 0) is 75.8 Å². The molecular formula is C46H77N7O9. The molecule has 0 saturated heterocycles. The van der Waals surface area contributed by atoms with Crippen LogP contribution in [-0.2, 0) is 44.9 Å². The lowest BCUT2D eigenvalue weighted by molar-refractivity contribution is -0.150. The quantitative estimate of drug-likeness (QED) is 0.0680. The number of rotatable bonds is 26. The number of hydrogen-bond acceptors (Lipinski definition) is 10. The van der Waals surface area contributed by atoms with Crippen molar-refractivity contribution in [2.45, 2.75) is 144 Å². The number of nitrogens with zero attached hydrogens (tertiary/aromatic N) is 3. The van der Waals surface area contributed by atoms with Crippen molar-refractivity contribution in [2.75, 3.05) is 34.7 Å². The van der Waals surface area contributed by atoms with E-state index in [0.717, 1.165) is 5.56 Å². The van der Waals surface area contributed by atoms with Crippen molar-refractivity contribution >= 4 is 41.4 Å². The molecule has 62 heavy (non-hydrogen) atoms. The second-order valence-electron chi connectivity index (χ2n) is 17.5. The maximum Gasteiger partial charge on any atom is 0.328 e. The van der Waals surface area contributed by atoms with Crippen LogP contribution < -0.4 is 21.3 Å². The van der Waals surface area contributed by atoms with Crippen molar-refractivity contribution in [3.8, 4) is 0 Å². The maximum atomic E-state index is 14.2. The molecule has 0 bridgehead atoms. The van der Waals surface area contributed by atoms with Gasteiger partial charge in [-0.2, -0.15) is 0 Å². The minimum atomic E-state index is -1.08. The first-order chi connectivity index (χ1) is 29.0. The molecule has 0 heterocycles. The van der Waals surface area contributed by atoms with Gasteiger partial charge in [-0.3, -0.25) is 28.8 Å². The largest absolute Gasteiger partial charge is 0.459 e. The van der Waals surface area contributed by atoms with Crippen LogP contribution in [0.3, 0.4) is 0 Å². The number of nitrogens with one attached hydrogen (secondary N) is 4. The zero-order valence-corrected chi connectivity index (χ0v) is 39.7. The molecule has 0 spiro atoms. The van der Waals surface area contributed by atoms with Crippen molar-refractivity contribution in [2.24, 2.45) is 23.7 Å². The van der Waals surface area contributed by atoms with Crippen molar-refractivity contribution in [3.05, 3.63) is 48.0 Å².